The minimum atomic E-state index is -0.309. The molecule has 23 heavy (non-hydrogen) atoms. The molecule has 0 bridgehead atoms. The third-order valence-corrected chi connectivity index (χ3v) is 3.51. The van der Waals surface area contributed by atoms with Crippen LogP contribution in [-0.2, 0) is 4.79 Å². The average Bonchev–Trinajstić information content (AvgIpc) is 2.54. The van der Waals surface area contributed by atoms with Gasteiger partial charge >= 0.3 is 0 Å². The van der Waals surface area contributed by atoms with Crippen LogP contribution in [0.2, 0.25) is 5.02 Å². The molecule has 2 rings (SSSR count). The first kappa shape index (κ1) is 16.8. The number of rotatable bonds is 5. The molecule has 0 saturated carbocycles. The first-order valence-electron chi connectivity index (χ1n) is 6.95. The van der Waals surface area contributed by atoms with E-state index in [1.807, 2.05) is 0 Å². The van der Waals surface area contributed by atoms with Gasteiger partial charge in [0.2, 0.25) is 5.91 Å². The Hall–Kier alpha value is -2.53. The van der Waals surface area contributed by atoms with Crippen LogP contribution in [0.1, 0.15) is 10.4 Å². The Morgan fingerprint density at radius 2 is 1.91 bits per heavy atom. The number of anilines is 1. The number of ether oxygens (including phenoxy) is 1. The number of nitrogens with one attached hydrogen (secondary N) is 1. The van der Waals surface area contributed by atoms with E-state index in [2.05, 4.69) is 5.32 Å². The highest BCUT2D eigenvalue weighted by Crippen LogP contribution is 2.18. The number of likely N-dealkylation sites (N-methyl/N-ethyl adjacent to an activating group) is 1. The van der Waals surface area contributed by atoms with Gasteiger partial charge in [-0.15, -0.1) is 0 Å². The number of amides is 2. The van der Waals surface area contributed by atoms with Gasteiger partial charge in [-0.2, -0.15) is 0 Å². The van der Waals surface area contributed by atoms with Crippen LogP contribution in [0, 0.1) is 0 Å². The topological polar surface area (TPSA) is 58.6 Å². The Balaban J connectivity index is 1.99. The summed E-state index contributed by atoms with van der Waals surface area (Å²) < 4.78 is 5.10. The molecule has 0 fully saturated rings. The summed E-state index contributed by atoms with van der Waals surface area (Å²) in [6, 6.07) is 13.7. The molecule has 0 aromatic heterocycles. The lowest BCUT2D eigenvalue weighted by atomic mass is 10.2. The van der Waals surface area contributed by atoms with E-state index in [1.54, 1.807) is 62.7 Å². The standard InChI is InChI=1S/C17H17ClN2O3/c1-20(17(22)14-8-3-4-9-15(14)18)11-16(21)19-12-6-5-7-13(10-12)23-2/h3-10H,11H2,1-2H3,(H,19,21). The Morgan fingerprint density at radius 3 is 2.61 bits per heavy atom. The maximum Gasteiger partial charge on any atom is 0.255 e. The molecule has 5 nitrogen and oxygen atoms in total. The minimum absolute atomic E-state index is 0.0821. The van der Waals surface area contributed by atoms with Gasteiger partial charge in [0.25, 0.3) is 5.91 Å². The van der Waals surface area contributed by atoms with E-state index in [0.717, 1.165) is 0 Å². The summed E-state index contributed by atoms with van der Waals surface area (Å²) in [5.41, 5.74) is 0.971. The Bertz CT molecular complexity index is 718. The molecule has 0 aliphatic rings. The predicted molar refractivity (Wildman–Crippen MR) is 90.0 cm³/mol. The third kappa shape index (κ3) is 4.47. The molecule has 0 aliphatic carbocycles. The van der Waals surface area contributed by atoms with Crippen LogP contribution in [0.25, 0.3) is 0 Å². The molecule has 0 spiro atoms. The molecular weight excluding hydrogens is 316 g/mol. The quantitative estimate of drug-likeness (QED) is 0.915. The van der Waals surface area contributed by atoms with E-state index in [-0.39, 0.29) is 18.4 Å². The van der Waals surface area contributed by atoms with Gasteiger partial charge < -0.3 is 15.0 Å². The molecule has 0 saturated heterocycles. The van der Waals surface area contributed by atoms with Crippen molar-refractivity contribution in [1.29, 1.82) is 0 Å². The normalized spacial score (nSPS) is 10.0. The summed E-state index contributed by atoms with van der Waals surface area (Å²) in [5, 5.41) is 3.08. The lowest BCUT2D eigenvalue weighted by Crippen LogP contribution is -2.35. The highest BCUT2D eigenvalue weighted by atomic mass is 35.5. The summed E-state index contributed by atoms with van der Waals surface area (Å²) in [6.07, 6.45) is 0. The largest absolute Gasteiger partial charge is 0.497 e. The van der Waals surface area contributed by atoms with Gasteiger partial charge in [-0.25, -0.2) is 0 Å². The van der Waals surface area contributed by atoms with Crippen LogP contribution >= 0.6 is 11.6 Å². The molecule has 6 heteroatoms. The molecular formula is C17H17ClN2O3. The lowest BCUT2D eigenvalue weighted by Gasteiger charge is -2.17. The number of halogens is 1. The molecule has 0 unspecified atom stereocenters. The van der Waals surface area contributed by atoms with E-state index in [1.165, 1.54) is 4.90 Å². The Morgan fingerprint density at radius 1 is 1.17 bits per heavy atom. The first-order valence-corrected chi connectivity index (χ1v) is 7.33. The fourth-order valence-electron chi connectivity index (χ4n) is 2.03. The number of hydrogen-bond donors (Lipinski definition) is 1. The van der Waals surface area contributed by atoms with Crippen molar-refractivity contribution >= 4 is 29.1 Å². The highest BCUT2D eigenvalue weighted by Gasteiger charge is 2.17. The molecule has 0 aliphatic heterocycles. The van der Waals surface area contributed by atoms with E-state index in [9.17, 15) is 9.59 Å². The zero-order valence-electron chi connectivity index (χ0n) is 12.9. The number of nitrogens with zero attached hydrogens (tertiary/aromatic N) is 1. The zero-order valence-corrected chi connectivity index (χ0v) is 13.6. The molecule has 0 radical (unpaired) electrons. The number of carbonyl (C=O) groups excluding carboxylic acids is 2. The van der Waals surface area contributed by atoms with Gasteiger partial charge in [-0.3, -0.25) is 9.59 Å². The fourth-order valence-corrected chi connectivity index (χ4v) is 2.25. The van der Waals surface area contributed by atoms with Crippen molar-refractivity contribution in [2.24, 2.45) is 0 Å². The van der Waals surface area contributed by atoms with Crippen LogP contribution in [0.5, 0.6) is 5.75 Å². The Kier molecular flexibility index (Phi) is 5.60. The number of hydrogen-bond acceptors (Lipinski definition) is 3. The summed E-state index contributed by atoms with van der Waals surface area (Å²) in [6.45, 7) is -0.0821. The van der Waals surface area contributed by atoms with Crippen LogP contribution in [-0.4, -0.2) is 37.4 Å². The van der Waals surface area contributed by atoms with Gasteiger partial charge in [0.15, 0.2) is 0 Å². The van der Waals surface area contributed by atoms with Crippen molar-refractivity contribution in [3.05, 3.63) is 59.1 Å². The molecule has 2 aromatic rings. The Labute approximate surface area is 139 Å². The summed E-state index contributed by atoms with van der Waals surface area (Å²) >= 11 is 6.00. The van der Waals surface area contributed by atoms with Crippen LogP contribution in [0.15, 0.2) is 48.5 Å². The maximum absolute atomic E-state index is 12.3. The van der Waals surface area contributed by atoms with Crippen molar-refractivity contribution in [2.75, 3.05) is 26.0 Å². The average molecular weight is 333 g/mol. The van der Waals surface area contributed by atoms with E-state index in [0.29, 0.717) is 22.0 Å². The molecule has 120 valence electrons. The number of benzene rings is 2. The van der Waals surface area contributed by atoms with Crippen molar-refractivity contribution < 1.29 is 14.3 Å². The van der Waals surface area contributed by atoms with Crippen molar-refractivity contribution in [1.82, 2.24) is 4.90 Å². The van der Waals surface area contributed by atoms with Gasteiger partial charge in [0.05, 0.1) is 24.2 Å². The van der Waals surface area contributed by atoms with Crippen molar-refractivity contribution in [3.8, 4) is 5.75 Å². The molecule has 2 amide bonds. The SMILES string of the molecule is COc1cccc(NC(=O)CN(C)C(=O)c2ccccc2Cl)c1. The van der Waals surface area contributed by atoms with E-state index >= 15 is 0 Å². The van der Waals surface area contributed by atoms with Gasteiger partial charge in [-0.1, -0.05) is 29.8 Å². The van der Waals surface area contributed by atoms with Gasteiger partial charge in [-0.05, 0) is 24.3 Å². The number of methoxy groups -OCH3 is 1. The van der Waals surface area contributed by atoms with Crippen LogP contribution in [0.4, 0.5) is 5.69 Å². The maximum atomic E-state index is 12.3. The summed E-state index contributed by atoms with van der Waals surface area (Å²) in [5.74, 6) is 0.0286. The van der Waals surface area contributed by atoms with E-state index in [4.69, 9.17) is 16.3 Å². The monoisotopic (exact) mass is 332 g/mol. The van der Waals surface area contributed by atoms with Crippen molar-refractivity contribution in [2.45, 2.75) is 0 Å². The van der Waals surface area contributed by atoms with Gasteiger partial charge in [0.1, 0.15) is 5.75 Å². The van der Waals surface area contributed by atoms with Gasteiger partial charge in [0, 0.05) is 18.8 Å². The molecule has 2 aromatic carbocycles. The fraction of sp³-hybridized carbons (Fsp3) is 0.176. The molecule has 0 heterocycles. The lowest BCUT2D eigenvalue weighted by molar-refractivity contribution is -0.116. The predicted octanol–water partition coefficient (Wildman–Crippen LogP) is 3.06. The summed E-state index contributed by atoms with van der Waals surface area (Å²) in [4.78, 5) is 25.7. The second kappa shape index (κ2) is 7.65. The van der Waals surface area contributed by atoms with Crippen LogP contribution in [0.3, 0.4) is 0 Å². The minimum Gasteiger partial charge on any atom is -0.497 e. The molecule has 1 N–H and O–H groups in total. The molecule has 0 atom stereocenters. The summed E-state index contributed by atoms with van der Waals surface area (Å²) in [7, 11) is 3.10. The second-order valence-corrected chi connectivity index (χ2v) is 5.33. The zero-order chi connectivity index (χ0) is 16.8. The highest BCUT2D eigenvalue weighted by molar-refractivity contribution is 6.33. The van der Waals surface area contributed by atoms with Crippen molar-refractivity contribution in [3.63, 3.8) is 0 Å². The second-order valence-electron chi connectivity index (χ2n) is 4.92. The third-order valence-electron chi connectivity index (χ3n) is 3.19. The smallest absolute Gasteiger partial charge is 0.255 e. The van der Waals surface area contributed by atoms with Crippen LogP contribution < -0.4 is 10.1 Å². The van der Waals surface area contributed by atoms with E-state index < -0.39 is 0 Å². The number of carbonyl (C=O) groups is 2. The first-order chi connectivity index (χ1) is 11.0.